The summed E-state index contributed by atoms with van der Waals surface area (Å²) in [4.78, 5) is 26.2. The molecule has 0 amide bonds. The molecular weight excluding hydrogens is 460 g/mol. The van der Waals surface area contributed by atoms with E-state index >= 15 is 0 Å². The topological polar surface area (TPSA) is 86.2 Å². The number of hydrogen-bond donors (Lipinski definition) is 1. The molecule has 0 radical (unpaired) electrons. The van der Waals surface area contributed by atoms with Gasteiger partial charge in [-0.1, -0.05) is 6.92 Å². The van der Waals surface area contributed by atoms with Crippen molar-refractivity contribution in [3.63, 3.8) is 0 Å². The minimum atomic E-state index is -0.310. The fraction of sp³-hybridized carbons (Fsp3) is 0.481. The lowest BCUT2D eigenvalue weighted by atomic mass is 9.93. The maximum atomic E-state index is 12.1. The first-order valence-electron chi connectivity index (χ1n) is 12.4. The second kappa shape index (κ2) is 8.97. The number of cyclic esters (lactones) is 1. The van der Waals surface area contributed by atoms with Gasteiger partial charge in [0, 0.05) is 24.1 Å². The highest BCUT2D eigenvalue weighted by molar-refractivity contribution is 7.99. The van der Waals surface area contributed by atoms with Crippen molar-refractivity contribution in [1.82, 2.24) is 15.0 Å². The second-order valence-corrected chi connectivity index (χ2v) is 11.2. The third kappa shape index (κ3) is 4.44. The van der Waals surface area contributed by atoms with Crippen LogP contribution in [-0.2, 0) is 11.2 Å². The Bertz CT molecular complexity index is 1290. The SMILES string of the molecule is CSC1CC(Oc2ncc(C(C)C3CC3)c3cc(Nc4ccc5c(n4)CC(C)OC5=O)ncc23)C1. The summed E-state index contributed by atoms with van der Waals surface area (Å²) in [5, 5.41) is 6.12. The van der Waals surface area contributed by atoms with Crippen molar-refractivity contribution in [2.75, 3.05) is 11.6 Å². The van der Waals surface area contributed by atoms with Crippen molar-refractivity contribution in [1.29, 1.82) is 0 Å². The number of pyridine rings is 3. The summed E-state index contributed by atoms with van der Waals surface area (Å²) < 4.78 is 11.6. The molecule has 0 spiro atoms. The molecule has 1 aliphatic heterocycles. The largest absolute Gasteiger partial charge is 0.474 e. The molecule has 2 aliphatic carbocycles. The van der Waals surface area contributed by atoms with Gasteiger partial charge in [0.15, 0.2) is 0 Å². The van der Waals surface area contributed by atoms with E-state index in [1.807, 2.05) is 31.1 Å². The van der Waals surface area contributed by atoms with Crippen LogP contribution in [0.15, 0.2) is 30.6 Å². The molecule has 2 unspecified atom stereocenters. The Balaban J connectivity index is 1.32. The molecule has 6 rings (SSSR count). The molecule has 2 saturated carbocycles. The number of thioether (sulfide) groups is 1. The van der Waals surface area contributed by atoms with Crippen LogP contribution in [0, 0.1) is 5.92 Å². The third-order valence-electron chi connectivity index (χ3n) is 7.49. The zero-order valence-corrected chi connectivity index (χ0v) is 21.1. The summed E-state index contributed by atoms with van der Waals surface area (Å²) >= 11 is 1.90. The predicted molar refractivity (Wildman–Crippen MR) is 138 cm³/mol. The number of ether oxygens (including phenoxy) is 2. The molecule has 4 heterocycles. The maximum absolute atomic E-state index is 12.1. The molecule has 0 saturated heterocycles. The van der Waals surface area contributed by atoms with Crippen molar-refractivity contribution in [3.8, 4) is 5.88 Å². The van der Waals surface area contributed by atoms with Crippen molar-refractivity contribution >= 4 is 40.1 Å². The maximum Gasteiger partial charge on any atom is 0.340 e. The van der Waals surface area contributed by atoms with Crippen molar-refractivity contribution in [3.05, 3.63) is 47.4 Å². The molecule has 0 bridgehead atoms. The van der Waals surface area contributed by atoms with Crippen LogP contribution in [0.25, 0.3) is 10.8 Å². The molecule has 0 aromatic carbocycles. The van der Waals surface area contributed by atoms with Crippen molar-refractivity contribution in [2.45, 2.75) is 69.3 Å². The van der Waals surface area contributed by atoms with E-state index in [9.17, 15) is 4.79 Å². The Kier molecular flexibility index (Phi) is 5.79. The number of carbonyl (C=O) groups is 1. The Morgan fingerprint density at radius 2 is 1.97 bits per heavy atom. The fourth-order valence-corrected chi connectivity index (χ4v) is 5.89. The van der Waals surface area contributed by atoms with Crippen LogP contribution in [0.2, 0.25) is 0 Å². The van der Waals surface area contributed by atoms with E-state index in [-0.39, 0.29) is 18.2 Å². The molecule has 1 N–H and O–H groups in total. The van der Waals surface area contributed by atoms with Gasteiger partial charge in [-0.15, -0.1) is 0 Å². The Morgan fingerprint density at radius 1 is 1.14 bits per heavy atom. The Morgan fingerprint density at radius 3 is 2.74 bits per heavy atom. The van der Waals surface area contributed by atoms with E-state index in [1.165, 1.54) is 18.4 Å². The average Bonchev–Trinajstić information content (AvgIpc) is 3.66. The zero-order valence-electron chi connectivity index (χ0n) is 20.3. The Hall–Kier alpha value is -2.87. The highest BCUT2D eigenvalue weighted by atomic mass is 32.2. The number of esters is 1. The quantitative estimate of drug-likeness (QED) is 0.425. The van der Waals surface area contributed by atoms with Gasteiger partial charge in [-0.25, -0.2) is 19.7 Å². The number of anilines is 2. The standard InChI is InChI=1S/C27H30N4O3S/c1-14-8-23-19(27(32)33-14)6-7-24(30-23)31-25-11-20-21(15(2)16-4-5-16)12-29-26(22(20)13-28-25)34-17-9-18(10-17)35-3/h6-7,11-18H,4-5,8-10H2,1-3H3,(H,28,30,31). The summed E-state index contributed by atoms with van der Waals surface area (Å²) in [6, 6.07) is 5.66. The van der Waals surface area contributed by atoms with Gasteiger partial charge in [-0.2, -0.15) is 11.8 Å². The molecule has 8 heteroatoms. The first-order chi connectivity index (χ1) is 17.0. The highest BCUT2D eigenvalue weighted by Gasteiger charge is 2.33. The monoisotopic (exact) mass is 490 g/mol. The van der Waals surface area contributed by atoms with Crippen LogP contribution in [0.3, 0.4) is 0 Å². The van der Waals surface area contributed by atoms with Crippen molar-refractivity contribution < 1.29 is 14.3 Å². The van der Waals surface area contributed by atoms with Crippen LogP contribution in [0.1, 0.15) is 67.1 Å². The third-order valence-corrected chi connectivity index (χ3v) is 8.54. The van der Waals surface area contributed by atoms with E-state index in [4.69, 9.17) is 14.5 Å². The van der Waals surface area contributed by atoms with E-state index in [2.05, 4.69) is 34.5 Å². The molecule has 3 aliphatic rings. The molecule has 2 fully saturated rings. The van der Waals surface area contributed by atoms with Crippen LogP contribution in [-0.4, -0.2) is 44.6 Å². The molecule has 35 heavy (non-hydrogen) atoms. The number of nitrogens with zero attached hydrogens (tertiary/aromatic N) is 3. The first kappa shape index (κ1) is 22.6. The van der Waals surface area contributed by atoms with Crippen LogP contribution < -0.4 is 10.1 Å². The molecule has 2 atom stereocenters. The predicted octanol–water partition coefficient (Wildman–Crippen LogP) is 5.66. The van der Waals surface area contributed by atoms with Gasteiger partial charge in [0.1, 0.15) is 23.8 Å². The van der Waals surface area contributed by atoms with Gasteiger partial charge in [0.2, 0.25) is 5.88 Å². The summed E-state index contributed by atoms with van der Waals surface area (Å²) in [5.41, 5.74) is 2.53. The molecule has 3 aromatic heterocycles. The van der Waals surface area contributed by atoms with Gasteiger partial charge in [0.05, 0.1) is 16.6 Å². The van der Waals surface area contributed by atoms with Gasteiger partial charge in [0.25, 0.3) is 0 Å². The van der Waals surface area contributed by atoms with E-state index in [1.54, 1.807) is 12.1 Å². The van der Waals surface area contributed by atoms with Crippen LogP contribution >= 0.6 is 11.8 Å². The number of nitrogens with one attached hydrogen (secondary N) is 1. The smallest absolute Gasteiger partial charge is 0.340 e. The van der Waals surface area contributed by atoms with E-state index in [0.29, 0.717) is 40.7 Å². The lowest BCUT2D eigenvalue weighted by molar-refractivity contribution is 0.0297. The second-order valence-electron chi connectivity index (χ2n) is 10.1. The lowest BCUT2D eigenvalue weighted by Gasteiger charge is -2.34. The Labute approximate surface area is 209 Å². The zero-order chi connectivity index (χ0) is 24.1. The van der Waals surface area contributed by atoms with Crippen LogP contribution in [0.4, 0.5) is 11.6 Å². The number of aromatic nitrogens is 3. The first-order valence-corrected chi connectivity index (χ1v) is 13.7. The lowest BCUT2D eigenvalue weighted by Crippen LogP contribution is -2.35. The summed E-state index contributed by atoms with van der Waals surface area (Å²) in [6.45, 7) is 4.18. The summed E-state index contributed by atoms with van der Waals surface area (Å²) in [5.74, 6) is 2.90. The number of rotatable bonds is 7. The van der Waals surface area contributed by atoms with Gasteiger partial charge in [-0.3, -0.25) is 0 Å². The minimum Gasteiger partial charge on any atom is -0.474 e. The average molecular weight is 491 g/mol. The number of hydrogen-bond acceptors (Lipinski definition) is 8. The van der Waals surface area contributed by atoms with E-state index < -0.39 is 0 Å². The molecular formula is C27H30N4O3S. The normalized spacial score (nSPS) is 24.3. The van der Waals surface area contributed by atoms with Gasteiger partial charge < -0.3 is 14.8 Å². The molecule has 3 aromatic rings. The summed E-state index contributed by atoms with van der Waals surface area (Å²) in [7, 11) is 0. The van der Waals surface area contributed by atoms with Crippen molar-refractivity contribution in [2.24, 2.45) is 5.92 Å². The number of fused-ring (bicyclic) bond motifs is 2. The van der Waals surface area contributed by atoms with Gasteiger partial charge >= 0.3 is 5.97 Å². The highest BCUT2D eigenvalue weighted by Crippen LogP contribution is 2.45. The van der Waals surface area contributed by atoms with Gasteiger partial charge in [-0.05, 0) is 79.8 Å². The minimum absolute atomic E-state index is 0.171. The molecule has 7 nitrogen and oxygen atoms in total. The fourth-order valence-electron chi connectivity index (χ4n) is 5.07. The summed E-state index contributed by atoms with van der Waals surface area (Å²) in [6.07, 6.45) is 11.4. The number of carbonyl (C=O) groups excluding carboxylic acids is 1. The van der Waals surface area contributed by atoms with Crippen LogP contribution in [0.5, 0.6) is 5.88 Å². The van der Waals surface area contributed by atoms with E-state index in [0.717, 1.165) is 35.2 Å². The molecule has 182 valence electrons.